The van der Waals surface area contributed by atoms with Crippen LogP contribution in [0.3, 0.4) is 0 Å². The molecule has 2 aromatic carbocycles. The highest BCUT2D eigenvalue weighted by Gasteiger charge is 2.63. The van der Waals surface area contributed by atoms with Crippen LogP contribution in [-0.4, -0.2) is 95.3 Å². The Morgan fingerprint density at radius 2 is 1.68 bits per heavy atom. The molecule has 0 bridgehead atoms. The number of rotatable bonds is 9. The van der Waals surface area contributed by atoms with E-state index in [1.54, 1.807) is 20.1 Å². The second-order valence-electron chi connectivity index (χ2n) is 20.0. The lowest BCUT2D eigenvalue weighted by atomic mass is 9.87. The summed E-state index contributed by atoms with van der Waals surface area (Å²) < 4.78 is 52.5. The highest BCUT2D eigenvalue weighted by atomic mass is 32.2. The summed E-state index contributed by atoms with van der Waals surface area (Å²) in [5.74, 6) is -1.50. The number of alkyl carbamates (subject to hydrolysis) is 1. The number of furan rings is 1. The summed E-state index contributed by atoms with van der Waals surface area (Å²) in [6, 6.07) is 11.3. The number of methoxy groups -OCH3 is 1. The largest absolute Gasteiger partial charge is 0.493 e. The van der Waals surface area contributed by atoms with Crippen molar-refractivity contribution in [3.05, 3.63) is 60.2 Å². The van der Waals surface area contributed by atoms with Crippen LogP contribution in [0.5, 0.6) is 11.6 Å². The Hall–Kier alpha value is -5.71. The van der Waals surface area contributed by atoms with Gasteiger partial charge >= 0.3 is 6.09 Å². The van der Waals surface area contributed by atoms with Crippen molar-refractivity contribution in [1.82, 2.24) is 30.2 Å². The lowest BCUT2D eigenvalue weighted by Gasteiger charge is -2.30. The predicted molar refractivity (Wildman–Crippen MR) is 246 cm³/mol. The van der Waals surface area contributed by atoms with Crippen LogP contribution in [0, 0.1) is 5.92 Å². The number of carbonyl (C=O) groups excluding carboxylic acids is 4. The Bertz CT molecular complexity index is 2680. The van der Waals surface area contributed by atoms with E-state index in [9.17, 15) is 27.6 Å². The van der Waals surface area contributed by atoms with Gasteiger partial charge in [0.1, 0.15) is 35.3 Å². The number of carbonyl (C=O) groups is 4. The molecule has 5 atom stereocenters. The van der Waals surface area contributed by atoms with Gasteiger partial charge in [0.2, 0.25) is 27.4 Å². The van der Waals surface area contributed by atoms with Crippen LogP contribution < -0.4 is 24.8 Å². The van der Waals surface area contributed by atoms with Crippen LogP contribution in [0.15, 0.2) is 59.0 Å². The van der Waals surface area contributed by atoms with E-state index in [1.807, 2.05) is 48.6 Å². The average Bonchev–Trinajstić information content (AvgIpc) is 3.94. The van der Waals surface area contributed by atoms with Gasteiger partial charge in [-0.05, 0) is 94.2 Å². The van der Waals surface area contributed by atoms with E-state index < -0.39 is 68.2 Å². The fraction of sp³-hybridized carbons (Fsp3) is 0.551. The molecule has 9 rings (SSSR count). The highest BCUT2D eigenvalue weighted by molar-refractivity contribution is 7.91. The van der Waals surface area contributed by atoms with Gasteiger partial charge in [-0.25, -0.2) is 18.2 Å². The molecule has 66 heavy (non-hydrogen) atoms. The molecule has 2 aromatic heterocycles. The van der Waals surface area contributed by atoms with Crippen LogP contribution in [0.4, 0.5) is 4.79 Å². The maximum Gasteiger partial charge on any atom is 0.408 e. The number of nitrogens with zero attached hydrogens (tertiary/aromatic N) is 3. The maximum absolute atomic E-state index is 14.9. The molecule has 4 amide bonds. The van der Waals surface area contributed by atoms with Gasteiger partial charge in [0.25, 0.3) is 11.8 Å². The summed E-state index contributed by atoms with van der Waals surface area (Å²) in [6.45, 7) is 7.91. The third-order valence-electron chi connectivity index (χ3n) is 14.1. The number of fused-ring (bicyclic) bond motifs is 5. The molecule has 16 nitrogen and oxygen atoms in total. The van der Waals surface area contributed by atoms with Gasteiger partial charge in [-0.1, -0.05) is 76.1 Å². The number of amides is 4. The number of benzene rings is 2. The molecule has 5 aliphatic rings. The van der Waals surface area contributed by atoms with Crippen LogP contribution in [0.1, 0.15) is 117 Å². The molecule has 352 valence electrons. The first-order valence-electron chi connectivity index (χ1n) is 23.4. The van der Waals surface area contributed by atoms with Crippen molar-refractivity contribution in [2.45, 2.75) is 151 Å². The van der Waals surface area contributed by atoms with Crippen LogP contribution in [0.25, 0.3) is 33.5 Å². The number of hydrogen-bond donors (Lipinski definition) is 3. The minimum atomic E-state index is -4.03. The smallest absolute Gasteiger partial charge is 0.408 e. The molecule has 3 N–H and O–H groups in total. The molecule has 0 spiro atoms. The van der Waals surface area contributed by atoms with E-state index in [4.69, 9.17) is 28.6 Å². The van der Waals surface area contributed by atoms with Crippen molar-refractivity contribution in [2.24, 2.45) is 5.92 Å². The normalized spacial score (nSPS) is 26.3. The van der Waals surface area contributed by atoms with E-state index in [0.29, 0.717) is 60.2 Å². The van der Waals surface area contributed by atoms with Gasteiger partial charge in [0.15, 0.2) is 17.2 Å². The molecule has 4 fully saturated rings. The number of ether oxygens (including phenoxy) is 3. The molecule has 4 heterocycles. The van der Waals surface area contributed by atoms with Crippen LogP contribution in [-0.2, 0) is 34.6 Å². The Balaban J connectivity index is 1.07. The summed E-state index contributed by atoms with van der Waals surface area (Å²) >= 11 is 0. The molecule has 1 saturated heterocycles. The Morgan fingerprint density at radius 1 is 0.939 bits per heavy atom. The third-order valence-corrected chi connectivity index (χ3v) is 16.3. The Kier molecular flexibility index (Phi) is 12.1. The third kappa shape index (κ3) is 8.94. The molecule has 17 heteroatoms. The summed E-state index contributed by atoms with van der Waals surface area (Å²) in [5.41, 5.74) is 1.37. The highest BCUT2D eigenvalue weighted by Crippen LogP contribution is 2.48. The van der Waals surface area contributed by atoms with Crippen molar-refractivity contribution >= 4 is 55.9 Å². The Morgan fingerprint density at radius 3 is 2.39 bits per heavy atom. The van der Waals surface area contributed by atoms with Gasteiger partial charge in [-0.15, -0.1) is 0 Å². The van der Waals surface area contributed by atoms with Crippen molar-refractivity contribution < 1.29 is 46.2 Å². The predicted octanol–water partition coefficient (Wildman–Crippen LogP) is 7.13. The van der Waals surface area contributed by atoms with Gasteiger partial charge in [0, 0.05) is 17.9 Å². The molecule has 2 aliphatic heterocycles. The molecule has 0 unspecified atom stereocenters. The monoisotopic (exact) mass is 924 g/mol. The first-order chi connectivity index (χ1) is 31.5. The topological polar surface area (TPSA) is 208 Å². The minimum absolute atomic E-state index is 0.0317. The second kappa shape index (κ2) is 17.5. The number of nitrogens with one attached hydrogen (secondary N) is 3. The SMILES string of the molecule is COc1cccc2c1oc1c(O[C@@H]3C[C@H]4C(=O)N[C@]5(C(=O)NS(=O)(=O)C6(C)CC6)C[C@H]5/C=C\CCCCC[C@H](NC(=O)OC5CCCC5)C(=O)N4C3)nc(-c3ccc(C(C)(C)C)cc3)nc12. The standard InChI is InChI=1S/C49H60N6O10S/c1-47(2,3)30-22-20-29(21-23-30)41-51-38-34-17-13-19-37(62-5)39(34)65-40(38)43(52-41)63-33-26-36-42(56)53-49(45(58)54-66(60,61)48(4)24-25-48)27-31(49)14-9-7-6-8-10-18-35(44(57)55(36)28-33)50-46(59)64-32-15-11-12-16-32/h9,13-14,17,19-23,31-33,35-36H,6-8,10-12,15-16,18,24-28H2,1-5H3,(H,50,59)(H,53,56)(H,54,58)/b14-9-/t31-,33-,35+,36+,49-/m1/s1. The summed E-state index contributed by atoms with van der Waals surface area (Å²) in [5, 5.41) is 6.44. The molecule has 0 radical (unpaired) electrons. The molecule has 4 aromatic rings. The maximum atomic E-state index is 14.9. The van der Waals surface area contributed by atoms with Crippen LogP contribution >= 0.6 is 0 Å². The summed E-state index contributed by atoms with van der Waals surface area (Å²) in [4.78, 5) is 68.5. The van der Waals surface area contributed by atoms with Crippen molar-refractivity contribution in [2.75, 3.05) is 13.7 Å². The van der Waals surface area contributed by atoms with Gasteiger partial charge in [0.05, 0.1) is 23.8 Å². The first-order valence-corrected chi connectivity index (χ1v) is 24.8. The summed E-state index contributed by atoms with van der Waals surface area (Å²) in [7, 11) is -2.49. The van der Waals surface area contributed by atoms with Crippen molar-refractivity contribution in [3.8, 4) is 23.0 Å². The molecule has 3 aliphatic carbocycles. The number of para-hydroxylation sites is 1. The quantitative estimate of drug-likeness (QED) is 0.143. The zero-order valence-corrected chi connectivity index (χ0v) is 39.1. The van der Waals surface area contributed by atoms with Crippen molar-refractivity contribution in [1.29, 1.82) is 0 Å². The Labute approximate surface area is 385 Å². The number of hydrogen-bond acceptors (Lipinski definition) is 12. The number of sulfonamides is 1. The number of aromatic nitrogens is 2. The van der Waals surface area contributed by atoms with Gasteiger partial charge in [-0.2, -0.15) is 4.98 Å². The van der Waals surface area contributed by atoms with E-state index in [2.05, 4.69) is 36.1 Å². The van der Waals surface area contributed by atoms with E-state index in [-0.39, 0.29) is 42.4 Å². The zero-order valence-electron chi connectivity index (χ0n) is 38.3. The molecular formula is C49H60N6O10S. The van der Waals surface area contributed by atoms with Crippen LogP contribution in [0.2, 0.25) is 0 Å². The average molecular weight is 925 g/mol. The minimum Gasteiger partial charge on any atom is -0.493 e. The fourth-order valence-electron chi connectivity index (χ4n) is 9.54. The van der Waals surface area contributed by atoms with E-state index >= 15 is 0 Å². The summed E-state index contributed by atoms with van der Waals surface area (Å²) in [6.07, 6.45) is 9.59. The second-order valence-corrected chi connectivity index (χ2v) is 22.2. The fourth-order valence-corrected chi connectivity index (χ4v) is 10.9. The molecular weight excluding hydrogens is 865 g/mol. The van der Waals surface area contributed by atoms with E-state index in [0.717, 1.165) is 49.7 Å². The lowest BCUT2D eigenvalue weighted by molar-refractivity contribution is -0.141. The lowest BCUT2D eigenvalue weighted by Crippen LogP contribution is -2.58. The zero-order chi connectivity index (χ0) is 46.6. The van der Waals surface area contributed by atoms with Gasteiger partial charge in [-0.3, -0.25) is 19.1 Å². The number of allylic oxidation sites excluding steroid dienone is 1. The van der Waals surface area contributed by atoms with Crippen molar-refractivity contribution in [3.63, 3.8) is 0 Å². The first kappa shape index (κ1) is 45.4. The molecule has 3 saturated carbocycles. The van der Waals surface area contributed by atoms with E-state index in [1.165, 1.54) is 4.90 Å². The van der Waals surface area contributed by atoms with Gasteiger partial charge < -0.3 is 34.2 Å².